The quantitative estimate of drug-likeness (QED) is 0.0589. The predicted octanol–water partition coefficient (Wildman–Crippen LogP) is 6.71. The van der Waals surface area contributed by atoms with Gasteiger partial charge in [0, 0.05) is 16.9 Å². The number of nitrogens with zero attached hydrogens (tertiary/aromatic N) is 2. The highest BCUT2D eigenvalue weighted by atomic mass is 35.5. The fourth-order valence-electron chi connectivity index (χ4n) is 8.45. The molecule has 8 rings (SSSR count). The minimum Gasteiger partial charge on any atom is -0.507 e. The zero-order valence-electron chi connectivity index (χ0n) is 26.6. The van der Waals surface area contributed by atoms with E-state index in [-0.39, 0.29) is 39.1 Å². The van der Waals surface area contributed by atoms with Gasteiger partial charge in [-0.05, 0) is 42.3 Å². The van der Waals surface area contributed by atoms with Gasteiger partial charge in [0.15, 0.2) is 33.0 Å². The summed E-state index contributed by atoms with van der Waals surface area (Å²) in [5.41, 5.74) is -2.19. The monoisotopic (exact) mass is 770 g/mol. The van der Waals surface area contributed by atoms with Gasteiger partial charge in [-0.25, -0.2) is 31.6 Å². The molecule has 16 heteroatoms. The molecule has 0 radical (unpaired) electrons. The average Bonchev–Trinajstić information content (AvgIpc) is 3.48. The molecule has 2 heterocycles. The Morgan fingerprint density at radius 2 is 1.43 bits per heavy atom. The van der Waals surface area contributed by atoms with Crippen molar-refractivity contribution < 1.29 is 56.1 Å². The number of aromatic hydroxyl groups is 1. The van der Waals surface area contributed by atoms with Gasteiger partial charge in [0.2, 0.25) is 17.6 Å². The van der Waals surface area contributed by atoms with Gasteiger partial charge in [-0.1, -0.05) is 54.1 Å². The number of phenolic OH excluding ortho intramolecular Hbond substituents is 1. The van der Waals surface area contributed by atoms with E-state index in [2.05, 4.69) is 0 Å². The molecule has 1 saturated carbocycles. The van der Waals surface area contributed by atoms with Crippen molar-refractivity contribution in [3.8, 4) is 5.75 Å². The van der Waals surface area contributed by atoms with Crippen LogP contribution in [0, 0.1) is 46.8 Å². The number of aromatic carboxylic acids is 1. The lowest BCUT2D eigenvalue weighted by Gasteiger charge is -2.50. The molecule has 53 heavy (non-hydrogen) atoms. The molecular weight excluding hydrogens is 750 g/mol. The highest BCUT2D eigenvalue weighted by Crippen LogP contribution is 2.67. The van der Waals surface area contributed by atoms with Crippen LogP contribution < -0.4 is 9.80 Å². The molecule has 9 nitrogen and oxygen atoms in total. The van der Waals surface area contributed by atoms with E-state index in [1.54, 1.807) is 24.3 Å². The Hall–Kier alpha value is -5.34. The lowest BCUT2D eigenvalue weighted by molar-refractivity contribution is -0.125. The van der Waals surface area contributed by atoms with Gasteiger partial charge in [0.1, 0.15) is 11.4 Å². The summed E-state index contributed by atoms with van der Waals surface area (Å²) in [6.07, 6.45) is 0.605. The number of carbonyl (C=O) groups excluding carboxylic acids is 4. The molecule has 4 aromatic carbocycles. The summed E-state index contributed by atoms with van der Waals surface area (Å²) in [6, 6.07) is 14.4. The van der Waals surface area contributed by atoms with Crippen molar-refractivity contribution in [1.29, 1.82) is 0 Å². The van der Waals surface area contributed by atoms with Crippen LogP contribution in [0.25, 0.3) is 10.8 Å². The average molecular weight is 771 g/mol. The summed E-state index contributed by atoms with van der Waals surface area (Å²) in [4.78, 5) is 63.7. The van der Waals surface area contributed by atoms with Crippen LogP contribution in [0.4, 0.5) is 33.3 Å². The van der Waals surface area contributed by atoms with Crippen LogP contribution in [0.5, 0.6) is 5.75 Å². The Morgan fingerprint density at radius 1 is 0.774 bits per heavy atom. The normalized spacial score (nSPS) is 27.9. The van der Waals surface area contributed by atoms with Crippen LogP contribution in [0.15, 0.2) is 72.3 Å². The van der Waals surface area contributed by atoms with Gasteiger partial charge >= 0.3 is 5.97 Å². The number of hydrogen-bond acceptors (Lipinski definition) is 6. The second-order valence-corrected chi connectivity index (χ2v) is 14.5. The molecule has 0 unspecified atom stereocenters. The van der Waals surface area contributed by atoms with E-state index >= 15 is 8.78 Å². The second kappa shape index (κ2) is 11.6. The topological polar surface area (TPSA) is 132 Å². The highest BCUT2D eigenvalue weighted by molar-refractivity contribution is 6.58. The molecular formula is C37H21Cl2F5N2O7. The smallest absolute Gasteiger partial charge is 0.335 e. The predicted molar refractivity (Wildman–Crippen MR) is 178 cm³/mol. The minimum atomic E-state index is -2.82. The van der Waals surface area contributed by atoms with Crippen molar-refractivity contribution in [2.45, 2.75) is 28.5 Å². The Kier molecular flexibility index (Phi) is 7.59. The van der Waals surface area contributed by atoms with E-state index in [0.717, 1.165) is 11.0 Å². The number of imide groups is 2. The molecule has 4 aliphatic rings. The first-order chi connectivity index (χ1) is 25.1. The van der Waals surface area contributed by atoms with E-state index in [1.807, 2.05) is 0 Å². The fourth-order valence-corrected chi connectivity index (χ4v) is 9.38. The number of allylic oxidation sites excluding steroid dienone is 2. The molecule has 270 valence electrons. The van der Waals surface area contributed by atoms with E-state index in [9.17, 15) is 47.4 Å². The number of fused-ring (bicyclic) bond motifs is 5. The third-order valence-electron chi connectivity index (χ3n) is 10.8. The summed E-state index contributed by atoms with van der Waals surface area (Å²) in [6.45, 7) is 0. The van der Waals surface area contributed by atoms with E-state index in [1.165, 1.54) is 36.4 Å². The van der Waals surface area contributed by atoms with Gasteiger partial charge in [0.25, 0.3) is 11.8 Å². The lowest BCUT2D eigenvalue weighted by atomic mass is 9.56. The number of benzene rings is 4. The van der Waals surface area contributed by atoms with Crippen LogP contribution in [0.3, 0.4) is 0 Å². The van der Waals surface area contributed by atoms with Gasteiger partial charge in [-0.2, -0.15) is 0 Å². The van der Waals surface area contributed by atoms with Gasteiger partial charge in [-0.3, -0.25) is 24.1 Å². The third kappa shape index (κ3) is 4.39. The second-order valence-electron chi connectivity index (χ2n) is 13.3. The standard InChI is InChI=1S/C37H21Cl2F5N2O7/c38-36-13-21-18(10-11-19-22(21)32(49)45(31(19)48)16-6-3-5-15(12-16)33(50)51)23(20-9-8-14-4-1-2-7-17(14)30(20)47)37(36,39)35(53)46(34(36)52)29-27(43)25(41)24(40)26(42)28(29)44/h1-10,12,19,21-23,47H,11,13H2,(H,50,51)/t19-,21+,22-,23+,36+,37-/m0/s1. The lowest BCUT2D eigenvalue weighted by Crippen LogP contribution is -2.60. The van der Waals surface area contributed by atoms with Crippen LogP contribution in [-0.4, -0.2) is 49.6 Å². The minimum absolute atomic E-state index is 0.0627. The zero-order valence-corrected chi connectivity index (χ0v) is 28.1. The SMILES string of the molecule is O=C(O)c1cccc(N2C(=O)[C@H]3[C@H](CC=C4[C@H]3C[C@@]3(Cl)C(=O)N(c5c(F)c(F)c(F)c(F)c5F)C(=O)[C@@]3(Cl)[C@H]4c3ccc4ccccc4c3O)C2=O)c1. The van der Waals surface area contributed by atoms with Crippen molar-refractivity contribution >= 4 is 74.9 Å². The fraction of sp³-hybridized carbons (Fsp3) is 0.216. The summed E-state index contributed by atoms with van der Waals surface area (Å²) in [5.74, 6) is -24.5. The molecule has 0 spiro atoms. The molecule has 2 aliphatic heterocycles. The number of amides is 4. The van der Waals surface area contributed by atoms with Crippen molar-refractivity contribution in [2.24, 2.45) is 17.8 Å². The van der Waals surface area contributed by atoms with Crippen molar-refractivity contribution in [3.63, 3.8) is 0 Å². The Bertz CT molecular complexity index is 2410. The number of halogens is 7. The molecule has 4 amide bonds. The first-order valence-corrected chi connectivity index (χ1v) is 16.7. The molecule has 3 fully saturated rings. The number of carbonyl (C=O) groups is 5. The third-order valence-corrected chi connectivity index (χ3v) is 12.2. The van der Waals surface area contributed by atoms with Gasteiger partial charge in [0.05, 0.1) is 23.1 Å². The molecule has 0 bridgehead atoms. The summed E-state index contributed by atoms with van der Waals surface area (Å²) in [5, 5.41) is 22.0. The zero-order chi connectivity index (χ0) is 38.0. The van der Waals surface area contributed by atoms with Crippen LogP contribution in [-0.2, 0) is 19.2 Å². The maximum Gasteiger partial charge on any atom is 0.335 e. The number of anilines is 2. The maximum absolute atomic E-state index is 15.3. The van der Waals surface area contributed by atoms with E-state index in [0.29, 0.717) is 5.39 Å². The van der Waals surface area contributed by atoms with Gasteiger partial charge in [-0.15, -0.1) is 23.2 Å². The van der Waals surface area contributed by atoms with Crippen LogP contribution >= 0.6 is 23.2 Å². The van der Waals surface area contributed by atoms with Crippen molar-refractivity contribution in [1.82, 2.24) is 0 Å². The summed E-state index contributed by atoms with van der Waals surface area (Å²) in [7, 11) is 0. The molecule has 6 atom stereocenters. The number of phenols is 1. The molecule has 0 aromatic heterocycles. The maximum atomic E-state index is 15.3. The molecule has 4 aromatic rings. The molecule has 2 aliphatic carbocycles. The van der Waals surface area contributed by atoms with Crippen molar-refractivity contribution in [3.05, 3.63) is 113 Å². The summed E-state index contributed by atoms with van der Waals surface area (Å²) >= 11 is 14.3. The van der Waals surface area contributed by atoms with Crippen LogP contribution in [0.1, 0.15) is 34.7 Å². The Labute approximate surface area is 304 Å². The number of carboxylic acid groups (broad SMARTS) is 1. The summed E-state index contributed by atoms with van der Waals surface area (Å²) < 4.78 is 73.7. The van der Waals surface area contributed by atoms with Crippen LogP contribution in [0.2, 0.25) is 0 Å². The Balaban J connectivity index is 1.34. The van der Waals surface area contributed by atoms with E-state index in [4.69, 9.17) is 23.2 Å². The van der Waals surface area contributed by atoms with Gasteiger partial charge < -0.3 is 10.2 Å². The first-order valence-electron chi connectivity index (χ1n) is 16.0. The molecule has 2 saturated heterocycles. The highest BCUT2D eigenvalue weighted by Gasteiger charge is 2.77. The molecule has 2 N–H and O–H groups in total. The first kappa shape index (κ1) is 34.7. The van der Waals surface area contributed by atoms with Crippen molar-refractivity contribution in [2.75, 3.05) is 9.80 Å². The van der Waals surface area contributed by atoms with E-state index < -0.39 is 110 Å². The number of rotatable bonds is 4. The largest absolute Gasteiger partial charge is 0.507 e. The number of hydrogen-bond donors (Lipinski definition) is 2. The number of alkyl halides is 2. The number of carboxylic acids is 1. The Morgan fingerprint density at radius 3 is 2.11 bits per heavy atom.